The molecule has 0 spiro atoms. The first kappa shape index (κ1) is 38.0. The summed E-state index contributed by atoms with van der Waals surface area (Å²) in [4.78, 5) is 24.6. The minimum Gasteiger partial charge on any atom is -0.447 e. The molecule has 13 nitrogen and oxygen atoms in total. The first-order chi connectivity index (χ1) is 28.3. The van der Waals surface area contributed by atoms with E-state index >= 15 is 0 Å². The molecular formula is C43H47ClFN11O2. The summed E-state index contributed by atoms with van der Waals surface area (Å²) in [7, 11) is 0. The summed E-state index contributed by atoms with van der Waals surface area (Å²) in [6.07, 6.45) is 8.40. The van der Waals surface area contributed by atoms with E-state index in [1.807, 2.05) is 18.2 Å². The van der Waals surface area contributed by atoms with Crippen molar-refractivity contribution >= 4 is 73.9 Å². The van der Waals surface area contributed by atoms with Crippen LogP contribution in [-0.4, -0.2) is 68.4 Å². The van der Waals surface area contributed by atoms with Gasteiger partial charge in [0.15, 0.2) is 0 Å². The first-order valence-corrected chi connectivity index (χ1v) is 20.5. The summed E-state index contributed by atoms with van der Waals surface area (Å²) in [5.74, 6) is 3.57. The van der Waals surface area contributed by atoms with Gasteiger partial charge in [-0.05, 0) is 99.9 Å². The van der Waals surface area contributed by atoms with Crippen molar-refractivity contribution in [2.75, 3.05) is 52.8 Å². The molecule has 6 aromatic rings. The SMILES string of the molecule is C[C@@H](Nc1nc(NCc2nc(C3CC3[C@@H](C)Nc3nc(Nc4ccc(F)c(Cl)c4)nc4c(NCCO)cccc34)co2)nc2c(C3=CCNCC3)cccc12)C1CC1. The van der Waals surface area contributed by atoms with Gasteiger partial charge in [-0.2, -0.15) is 9.97 Å². The second-order valence-corrected chi connectivity index (χ2v) is 15.9. The third kappa shape index (κ3) is 8.22. The van der Waals surface area contributed by atoms with E-state index in [0.29, 0.717) is 59.9 Å². The molecule has 0 saturated heterocycles. The summed E-state index contributed by atoms with van der Waals surface area (Å²) >= 11 is 6.06. The fraction of sp³-hybridized carbons (Fsp3) is 0.372. The molecule has 4 heterocycles. The molecule has 2 unspecified atom stereocenters. The zero-order valence-corrected chi connectivity index (χ0v) is 33.2. The molecule has 9 rings (SSSR count). The molecule has 0 radical (unpaired) electrons. The molecular weight excluding hydrogens is 757 g/mol. The van der Waals surface area contributed by atoms with Gasteiger partial charge >= 0.3 is 0 Å². The lowest BCUT2D eigenvalue weighted by molar-refractivity contribution is 0.311. The molecule has 4 atom stereocenters. The van der Waals surface area contributed by atoms with Crippen molar-refractivity contribution in [3.63, 3.8) is 0 Å². The third-order valence-corrected chi connectivity index (χ3v) is 11.6. The Balaban J connectivity index is 0.910. The number of rotatable bonds is 16. The monoisotopic (exact) mass is 803 g/mol. The van der Waals surface area contributed by atoms with E-state index in [1.54, 1.807) is 12.3 Å². The van der Waals surface area contributed by atoms with Gasteiger partial charge in [0.2, 0.25) is 17.8 Å². The molecule has 3 aromatic carbocycles. The highest BCUT2D eigenvalue weighted by Gasteiger charge is 2.44. The molecule has 15 heteroatoms. The van der Waals surface area contributed by atoms with Gasteiger partial charge in [-0.3, -0.25) is 0 Å². The fourth-order valence-corrected chi connectivity index (χ4v) is 8.09. The first-order valence-electron chi connectivity index (χ1n) is 20.1. The van der Waals surface area contributed by atoms with E-state index in [4.69, 9.17) is 40.9 Å². The third-order valence-electron chi connectivity index (χ3n) is 11.4. The number of nitrogens with one attached hydrogen (secondary N) is 6. The summed E-state index contributed by atoms with van der Waals surface area (Å²) in [5.41, 5.74) is 6.28. The highest BCUT2D eigenvalue weighted by molar-refractivity contribution is 6.31. The number of aliphatic hydroxyl groups excluding tert-OH is 1. The Bertz CT molecular complexity index is 2490. The van der Waals surface area contributed by atoms with Crippen molar-refractivity contribution in [1.82, 2.24) is 30.2 Å². The van der Waals surface area contributed by atoms with Crippen molar-refractivity contribution in [1.29, 1.82) is 0 Å². The van der Waals surface area contributed by atoms with Crippen LogP contribution < -0.4 is 31.9 Å². The minimum absolute atomic E-state index is 0.00320. The number of hydrogen-bond donors (Lipinski definition) is 7. The second-order valence-electron chi connectivity index (χ2n) is 15.5. The largest absolute Gasteiger partial charge is 0.447 e. The van der Waals surface area contributed by atoms with Crippen LogP contribution in [0.2, 0.25) is 5.02 Å². The number of hydrogen-bond acceptors (Lipinski definition) is 13. The lowest BCUT2D eigenvalue weighted by Crippen LogP contribution is -2.20. The summed E-state index contributed by atoms with van der Waals surface area (Å²) in [6.45, 7) is 6.85. The average Bonchev–Trinajstić information content (AvgIpc) is 4.18. The average molecular weight is 804 g/mol. The van der Waals surface area contributed by atoms with Crippen LogP contribution in [0, 0.1) is 17.7 Å². The van der Waals surface area contributed by atoms with Crippen LogP contribution in [-0.2, 0) is 6.54 Å². The highest BCUT2D eigenvalue weighted by atomic mass is 35.5. The van der Waals surface area contributed by atoms with Gasteiger partial charge < -0.3 is 41.4 Å². The zero-order valence-electron chi connectivity index (χ0n) is 32.4. The van der Waals surface area contributed by atoms with E-state index in [1.165, 1.54) is 30.5 Å². The predicted octanol–water partition coefficient (Wildman–Crippen LogP) is 8.30. The van der Waals surface area contributed by atoms with Crippen molar-refractivity contribution in [2.24, 2.45) is 11.8 Å². The summed E-state index contributed by atoms with van der Waals surface area (Å²) < 4.78 is 19.9. The molecule has 0 amide bonds. The maximum atomic E-state index is 13.9. The molecule has 1 aliphatic heterocycles. The quantitative estimate of drug-likeness (QED) is 0.0499. The molecule has 300 valence electrons. The minimum atomic E-state index is -0.508. The van der Waals surface area contributed by atoms with Crippen LogP contribution in [0.15, 0.2) is 71.4 Å². The second kappa shape index (κ2) is 16.4. The van der Waals surface area contributed by atoms with Crippen molar-refractivity contribution in [2.45, 2.75) is 64.1 Å². The Morgan fingerprint density at radius 3 is 2.47 bits per heavy atom. The topological polar surface area (TPSA) is 170 Å². The van der Waals surface area contributed by atoms with Crippen LogP contribution in [0.3, 0.4) is 0 Å². The lowest BCUT2D eigenvalue weighted by Gasteiger charge is -2.19. The van der Waals surface area contributed by atoms with Gasteiger partial charge in [0.25, 0.3) is 0 Å². The number of aliphatic hydroxyl groups is 1. The van der Waals surface area contributed by atoms with Gasteiger partial charge in [-0.15, -0.1) is 0 Å². The van der Waals surface area contributed by atoms with E-state index in [2.05, 4.69) is 70.0 Å². The maximum Gasteiger partial charge on any atom is 0.229 e. The Morgan fingerprint density at radius 1 is 0.914 bits per heavy atom. The number of halogens is 2. The number of oxazole rings is 1. The van der Waals surface area contributed by atoms with E-state index in [9.17, 15) is 9.50 Å². The normalized spacial score (nSPS) is 18.7. The van der Waals surface area contributed by atoms with Gasteiger partial charge in [0, 0.05) is 53.1 Å². The molecule has 2 fully saturated rings. The molecule has 58 heavy (non-hydrogen) atoms. The molecule has 3 aliphatic rings. The molecule has 3 aromatic heterocycles. The number of para-hydroxylation sites is 2. The van der Waals surface area contributed by atoms with Crippen LogP contribution in [0.4, 0.5) is 39.3 Å². The lowest BCUT2D eigenvalue weighted by atomic mass is 9.97. The van der Waals surface area contributed by atoms with E-state index in [-0.39, 0.29) is 29.5 Å². The van der Waals surface area contributed by atoms with Crippen LogP contribution in [0.5, 0.6) is 0 Å². The van der Waals surface area contributed by atoms with E-state index in [0.717, 1.165) is 65.0 Å². The molecule has 0 bridgehead atoms. The zero-order chi connectivity index (χ0) is 39.8. The molecule has 2 saturated carbocycles. The summed E-state index contributed by atoms with van der Waals surface area (Å²) in [5, 5.41) is 31.9. The maximum absolute atomic E-state index is 13.9. The Morgan fingerprint density at radius 2 is 1.69 bits per heavy atom. The van der Waals surface area contributed by atoms with Crippen molar-refractivity contribution in [3.05, 3.63) is 94.9 Å². The van der Waals surface area contributed by atoms with Gasteiger partial charge in [0.05, 0.1) is 35.1 Å². The highest BCUT2D eigenvalue weighted by Crippen LogP contribution is 2.50. The Kier molecular flexibility index (Phi) is 10.7. The smallest absolute Gasteiger partial charge is 0.229 e. The number of aromatic nitrogens is 5. The van der Waals surface area contributed by atoms with Crippen molar-refractivity contribution in [3.8, 4) is 0 Å². The molecule has 2 aliphatic carbocycles. The standard InChI is InChI=1S/C43H47ClFN11O2/c1-23(25-9-10-25)49-40-29-6-3-5-28(26-13-15-46-16-14-26)38(29)53-42(55-40)48-21-37-52-36(22-58-37)32-20-31(32)24(2)50-41-30-7-4-8-35(47-17-18-57)39(30)54-43(56-41)51-27-11-12-34(45)33(44)19-27/h3-8,11-13,19,22-25,31-32,46-47,57H,9-10,14-18,20-21H2,1-2H3,(H2,48,49,53,55)(H2,50,51,54,56)/t23-,24-,31?,32?/m1/s1. The number of benzene rings is 3. The van der Waals surface area contributed by atoms with Crippen LogP contribution in [0.1, 0.15) is 62.6 Å². The fourth-order valence-electron chi connectivity index (χ4n) is 7.91. The molecule has 7 N–H and O–H groups in total. The van der Waals surface area contributed by atoms with Crippen molar-refractivity contribution < 1.29 is 13.9 Å². The Hall–Kier alpha value is -5.57. The van der Waals surface area contributed by atoms with Gasteiger partial charge in [-0.25, -0.2) is 19.3 Å². The summed E-state index contributed by atoms with van der Waals surface area (Å²) in [6, 6.07) is 16.9. The number of anilines is 6. The van der Waals surface area contributed by atoms with E-state index < -0.39 is 5.82 Å². The number of fused-ring (bicyclic) bond motifs is 2. The van der Waals surface area contributed by atoms with Crippen LogP contribution in [0.25, 0.3) is 27.4 Å². The predicted molar refractivity (Wildman–Crippen MR) is 228 cm³/mol. The van der Waals surface area contributed by atoms with Gasteiger partial charge in [-0.1, -0.05) is 35.9 Å². The van der Waals surface area contributed by atoms with Gasteiger partial charge in [0.1, 0.15) is 29.2 Å². The Labute approximate surface area is 340 Å². The van der Waals surface area contributed by atoms with Crippen LogP contribution >= 0.6 is 11.6 Å². The number of nitrogens with zero attached hydrogens (tertiary/aromatic N) is 5.